The summed E-state index contributed by atoms with van der Waals surface area (Å²) < 4.78 is 65.8. The molecule has 0 amide bonds. The SMILES string of the molecule is CC(C)(C)C(F)(F)COc1cccc(OCC(F)(F)C(C)(C)C)c1. The fourth-order valence-electron chi connectivity index (χ4n) is 1.43. The Morgan fingerprint density at radius 1 is 0.708 bits per heavy atom. The third-order valence-corrected chi connectivity index (χ3v) is 3.84. The second-order valence-electron chi connectivity index (χ2n) is 7.96. The Bertz CT molecular complexity index is 497. The van der Waals surface area contributed by atoms with Crippen molar-refractivity contribution >= 4 is 0 Å². The molecular formula is C18H26F4O2. The first kappa shape index (κ1) is 20.6. The standard InChI is InChI=1S/C18H26F4O2/c1-15(2,3)17(19,20)11-23-13-8-7-9-14(10-13)24-12-18(21,22)16(4,5)6/h7-10H,11-12H2,1-6H3. The Labute approximate surface area is 141 Å². The van der Waals surface area contributed by atoms with Crippen LogP contribution in [0.5, 0.6) is 11.5 Å². The van der Waals surface area contributed by atoms with Crippen LogP contribution in [0.4, 0.5) is 17.6 Å². The molecule has 0 aliphatic rings. The van der Waals surface area contributed by atoms with Gasteiger partial charge in [0, 0.05) is 16.9 Å². The first-order valence-electron chi connectivity index (χ1n) is 7.77. The summed E-state index contributed by atoms with van der Waals surface area (Å²) in [7, 11) is 0. The minimum atomic E-state index is -3.02. The van der Waals surface area contributed by atoms with E-state index in [0.29, 0.717) is 0 Å². The van der Waals surface area contributed by atoms with Crippen molar-refractivity contribution in [1.29, 1.82) is 0 Å². The molecule has 6 heteroatoms. The van der Waals surface area contributed by atoms with Crippen LogP contribution in [0.15, 0.2) is 24.3 Å². The fraction of sp³-hybridized carbons (Fsp3) is 0.667. The van der Waals surface area contributed by atoms with Crippen molar-refractivity contribution in [3.63, 3.8) is 0 Å². The highest BCUT2D eigenvalue weighted by Crippen LogP contribution is 2.37. The highest BCUT2D eigenvalue weighted by atomic mass is 19.3. The van der Waals surface area contributed by atoms with Crippen LogP contribution < -0.4 is 9.47 Å². The van der Waals surface area contributed by atoms with Gasteiger partial charge in [-0.15, -0.1) is 0 Å². The second kappa shape index (κ2) is 6.81. The molecule has 0 saturated carbocycles. The van der Waals surface area contributed by atoms with Crippen molar-refractivity contribution in [1.82, 2.24) is 0 Å². The Hall–Kier alpha value is -1.46. The maximum absolute atomic E-state index is 13.9. The zero-order chi connectivity index (χ0) is 18.8. The topological polar surface area (TPSA) is 18.5 Å². The van der Waals surface area contributed by atoms with Crippen LogP contribution in [0.3, 0.4) is 0 Å². The number of alkyl halides is 4. The van der Waals surface area contributed by atoms with Crippen molar-refractivity contribution in [2.24, 2.45) is 10.8 Å². The van der Waals surface area contributed by atoms with Crippen molar-refractivity contribution in [3.8, 4) is 11.5 Å². The Morgan fingerprint density at radius 3 is 1.33 bits per heavy atom. The van der Waals surface area contributed by atoms with Gasteiger partial charge in [-0.1, -0.05) is 47.6 Å². The lowest BCUT2D eigenvalue weighted by Gasteiger charge is -2.30. The van der Waals surface area contributed by atoms with Gasteiger partial charge in [-0.2, -0.15) is 0 Å². The molecule has 0 atom stereocenters. The Morgan fingerprint density at radius 2 is 1.04 bits per heavy atom. The predicted octanol–water partition coefficient (Wildman–Crippen LogP) is 5.81. The average molecular weight is 350 g/mol. The van der Waals surface area contributed by atoms with Gasteiger partial charge < -0.3 is 9.47 Å². The third-order valence-electron chi connectivity index (χ3n) is 3.84. The van der Waals surface area contributed by atoms with Gasteiger partial charge in [-0.3, -0.25) is 0 Å². The molecule has 138 valence electrons. The number of halogens is 4. The summed E-state index contributed by atoms with van der Waals surface area (Å²) in [6.45, 7) is 6.94. The van der Waals surface area contributed by atoms with Crippen LogP contribution in [-0.2, 0) is 0 Å². The summed E-state index contributed by atoms with van der Waals surface area (Å²) in [5.74, 6) is -5.75. The van der Waals surface area contributed by atoms with E-state index in [9.17, 15) is 17.6 Å². The van der Waals surface area contributed by atoms with Crippen molar-refractivity contribution in [3.05, 3.63) is 24.3 Å². The molecule has 0 saturated heterocycles. The molecule has 0 spiro atoms. The lowest BCUT2D eigenvalue weighted by Crippen LogP contribution is -2.39. The van der Waals surface area contributed by atoms with E-state index in [-0.39, 0.29) is 11.5 Å². The van der Waals surface area contributed by atoms with Crippen molar-refractivity contribution in [2.75, 3.05) is 13.2 Å². The zero-order valence-electron chi connectivity index (χ0n) is 15.1. The van der Waals surface area contributed by atoms with E-state index >= 15 is 0 Å². The molecule has 0 fully saturated rings. The Balaban J connectivity index is 2.72. The van der Waals surface area contributed by atoms with E-state index in [1.807, 2.05) is 0 Å². The molecule has 1 aromatic rings. The average Bonchev–Trinajstić information content (AvgIpc) is 2.41. The van der Waals surface area contributed by atoms with Crippen LogP contribution >= 0.6 is 0 Å². The zero-order valence-corrected chi connectivity index (χ0v) is 15.1. The quantitative estimate of drug-likeness (QED) is 0.603. The summed E-state index contributed by atoms with van der Waals surface area (Å²) in [4.78, 5) is 0. The number of benzene rings is 1. The molecule has 0 radical (unpaired) electrons. The van der Waals surface area contributed by atoms with Gasteiger partial charge in [-0.25, -0.2) is 17.6 Å². The molecule has 0 unspecified atom stereocenters. The smallest absolute Gasteiger partial charge is 0.286 e. The van der Waals surface area contributed by atoms with Gasteiger partial charge in [0.25, 0.3) is 11.8 Å². The number of hydrogen-bond acceptors (Lipinski definition) is 2. The van der Waals surface area contributed by atoms with E-state index in [2.05, 4.69) is 0 Å². The summed E-state index contributed by atoms with van der Waals surface area (Å²) in [5.41, 5.74) is -2.48. The van der Waals surface area contributed by atoms with E-state index < -0.39 is 35.9 Å². The van der Waals surface area contributed by atoms with E-state index in [4.69, 9.17) is 9.47 Å². The molecule has 0 bridgehead atoms. The van der Waals surface area contributed by atoms with Gasteiger partial charge >= 0.3 is 0 Å². The predicted molar refractivity (Wildman–Crippen MR) is 86.2 cm³/mol. The highest BCUT2D eigenvalue weighted by Gasteiger charge is 2.44. The van der Waals surface area contributed by atoms with Crippen LogP contribution in [0.1, 0.15) is 41.5 Å². The van der Waals surface area contributed by atoms with Crippen LogP contribution in [-0.4, -0.2) is 25.1 Å². The minimum Gasteiger partial charge on any atom is -0.487 e. The highest BCUT2D eigenvalue weighted by molar-refractivity contribution is 5.33. The monoisotopic (exact) mass is 350 g/mol. The number of ether oxygens (including phenoxy) is 2. The van der Waals surface area contributed by atoms with Gasteiger partial charge in [0.2, 0.25) is 0 Å². The summed E-state index contributed by atoms with van der Waals surface area (Å²) in [5, 5.41) is 0. The van der Waals surface area contributed by atoms with Gasteiger partial charge in [-0.05, 0) is 12.1 Å². The summed E-state index contributed by atoms with van der Waals surface area (Å²) in [6, 6.07) is 5.80. The molecule has 1 rings (SSSR count). The summed E-state index contributed by atoms with van der Waals surface area (Å²) >= 11 is 0. The van der Waals surface area contributed by atoms with E-state index in [1.54, 1.807) is 0 Å². The first-order valence-corrected chi connectivity index (χ1v) is 7.77. The molecule has 0 aliphatic heterocycles. The normalized spacial score (nSPS) is 13.8. The van der Waals surface area contributed by atoms with Gasteiger partial charge in [0.15, 0.2) is 13.2 Å². The molecule has 1 aromatic carbocycles. The fourth-order valence-corrected chi connectivity index (χ4v) is 1.43. The lowest BCUT2D eigenvalue weighted by molar-refractivity contribution is -0.124. The first-order chi connectivity index (χ1) is 10.7. The minimum absolute atomic E-state index is 0.149. The summed E-state index contributed by atoms with van der Waals surface area (Å²) in [6.07, 6.45) is 0. The largest absolute Gasteiger partial charge is 0.487 e. The van der Waals surface area contributed by atoms with Crippen LogP contribution in [0.2, 0.25) is 0 Å². The maximum atomic E-state index is 13.9. The molecule has 0 aliphatic carbocycles. The van der Waals surface area contributed by atoms with E-state index in [1.165, 1.54) is 65.8 Å². The van der Waals surface area contributed by atoms with E-state index in [0.717, 1.165) is 0 Å². The molecule has 0 aromatic heterocycles. The van der Waals surface area contributed by atoms with Crippen molar-refractivity contribution in [2.45, 2.75) is 53.4 Å². The van der Waals surface area contributed by atoms with Crippen LogP contribution in [0, 0.1) is 10.8 Å². The van der Waals surface area contributed by atoms with Gasteiger partial charge in [0.1, 0.15) is 11.5 Å². The second-order valence-corrected chi connectivity index (χ2v) is 7.96. The Kier molecular flexibility index (Phi) is 5.84. The van der Waals surface area contributed by atoms with Gasteiger partial charge in [0.05, 0.1) is 0 Å². The molecule has 24 heavy (non-hydrogen) atoms. The molecule has 2 nitrogen and oxygen atoms in total. The maximum Gasteiger partial charge on any atom is 0.286 e. The van der Waals surface area contributed by atoms with Crippen LogP contribution in [0.25, 0.3) is 0 Å². The number of hydrogen-bond donors (Lipinski definition) is 0. The lowest BCUT2D eigenvalue weighted by atomic mass is 9.88. The molecule has 0 heterocycles. The third kappa shape index (κ3) is 5.28. The van der Waals surface area contributed by atoms with Crippen molar-refractivity contribution < 1.29 is 27.0 Å². The molecule has 0 N–H and O–H groups in total. The number of rotatable bonds is 6. The molecular weight excluding hydrogens is 324 g/mol.